The lowest BCUT2D eigenvalue weighted by Crippen LogP contribution is -2.41. The molecule has 0 aliphatic rings. The van der Waals surface area contributed by atoms with Crippen LogP contribution in [-0.4, -0.2) is 16.0 Å². The van der Waals surface area contributed by atoms with Crippen molar-refractivity contribution in [3.8, 4) is 0 Å². The van der Waals surface area contributed by atoms with E-state index in [1.54, 1.807) is 20.0 Å². The molecule has 0 spiro atoms. The Kier molecular flexibility index (Phi) is 5.41. The summed E-state index contributed by atoms with van der Waals surface area (Å²) < 4.78 is 29.6. The first-order valence-electron chi connectivity index (χ1n) is 7.34. The Bertz CT molecular complexity index is 642. The van der Waals surface area contributed by atoms with Crippen LogP contribution in [0.5, 0.6) is 0 Å². The Morgan fingerprint density at radius 2 is 2.17 bits per heavy atom. The van der Waals surface area contributed by atoms with Crippen molar-refractivity contribution in [2.75, 3.05) is 0 Å². The van der Waals surface area contributed by atoms with Gasteiger partial charge in [-0.25, -0.2) is 8.78 Å². The monoisotopic (exact) mass is 323 g/mol. The Morgan fingerprint density at radius 3 is 2.78 bits per heavy atom. The molecule has 2 aromatic heterocycles. The maximum absolute atomic E-state index is 12.5. The van der Waals surface area contributed by atoms with Gasteiger partial charge < -0.3 is 9.84 Å². The van der Waals surface area contributed by atoms with Crippen molar-refractivity contribution in [2.45, 2.75) is 45.1 Å². The number of aryl methyl sites for hydroxylation is 1. The second-order valence-electron chi connectivity index (χ2n) is 5.76. The number of alkyl halides is 2. The van der Waals surface area contributed by atoms with Gasteiger partial charge in [-0.2, -0.15) is 0 Å². The zero-order valence-corrected chi connectivity index (χ0v) is 13.1. The van der Waals surface area contributed by atoms with Gasteiger partial charge in [0.2, 0.25) is 11.7 Å². The molecule has 2 aromatic rings. The minimum Gasteiger partial charge on any atom is -0.355 e. The van der Waals surface area contributed by atoms with Crippen LogP contribution < -0.4 is 5.32 Å². The van der Waals surface area contributed by atoms with Crippen LogP contribution in [0.1, 0.15) is 50.3 Å². The number of hydrogen-bond donors (Lipinski definition) is 1. The van der Waals surface area contributed by atoms with Gasteiger partial charge in [-0.3, -0.25) is 9.78 Å². The average Bonchev–Trinajstić information content (AvgIpc) is 2.99. The van der Waals surface area contributed by atoms with Gasteiger partial charge in [-0.05, 0) is 38.8 Å². The second-order valence-corrected chi connectivity index (χ2v) is 5.76. The van der Waals surface area contributed by atoms with Crippen LogP contribution in [0.25, 0.3) is 0 Å². The van der Waals surface area contributed by atoms with Crippen LogP contribution in [0.2, 0.25) is 0 Å². The Balaban J connectivity index is 1.85. The molecule has 2 heterocycles. The van der Waals surface area contributed by atoms with Gasteiger partial charge >= 0.3 is 0 Å². The van der Waals surface area contributed by atoms with E-state index in [-0.39, 0.29) is 11.6 Å². The summed E-state index contributed by atoms with van der Waals surface area (Å²) in [6.45, 7) is 3.38. The topological polar surface area (TPSA) is 68.0 Å². The molecule has 0 unspecified atom stereocenters. The molecule has 0 saturated heterocycles. The van der Waals surface area contributed by atoms with E-state index in [1.165, 1.54) is 6.07 Å². The Hall–Kier alpha value is -2.31. The van der Waals surface area contributed by atoms with Crippen LogP contribution in [0, 0.1) is 0 Å². The smallest absolute Gasteiger partial charge is 0.298 e. The number of nitrogens with zero attached hydrogens (tertiary/aromatic N) is 2. The molecule has 1 amide bonds. The number of carbonyl (C=O) groups is 1. The minimum absolute atomic E-state index is 0.174. The fraction of sp³-hybridized carbons (Fsp3) is 0.438. The molecule has 0 saturated carbocycles. The number of aromatic nitrogens is 2. The quantitative estimate of drug-likeness (QED) is 0.848. The van der Waals surface area contributed by atoms with E-state index in [2.05, 4.69) is 20.0 Å². The highest BCUT2D eigenvalue weighted by Crippen LogP contribution is 2.25. The van der Waals surface area contributed by atoms with E-state index in [9.17, 15) is 13.6 Å². The highest BCUT2D eigenvalue weighted by molar-refractivity contribution is 5.76. The van der Waals surface area contributed by atoms with Gasteiger partial charge in [0, 0.05) is 24.4 Å². The van der Waals surface area contributed by atoms with E-state index in [0.717, 1.165) is 5.69 Å². The van der Waals surface area contributed by atoms with Crippen molar-refractivity contribution in [3.05, 3.63) is 47.6 Å². The number of carbonyl (C=O) groups excluding carboxylic acids is 1. The highest BCUT2D eigenvalue weighted by atomic mass is 19.3. The predicted molar refractivity (Wildman–Crippen MR) is 79.8 cm³/mol. The molecule has 0 radical (unpaired) electrons. The molecule has 0 aromatic carbocycles. The summed E-state index contributed by atoms with van der Waals surface area (Å²) in [7, 11) is 0. The van der Waals surface area contributed by atoms with Gasteiger partial charge in [0.15, 0.2) is 0 Å². The van der Waals surface area contributed by atoms with Crippen molar-refractivity contribution < 1.29 is 18.1 Å². The second kappa shape index (κ2) is 7.30. The van der Waals surface area contributed by atoms with Gasteiger partial charge in [0.25, 0.3) is 6.43 Å². The molecule has 0 aliphatic heterocycles. The summed E-state index contributed by atoms with van der Waals surface area (Å²) in [6, 6.07) is 6.81. The third-order valence-corrected chi connectivity index (χ3v) is 3.40. The molecule has 0 aliphatic carbocycles. The van der Waals surface area contributed by atoms with Gasteiger partial charge in [0.1, 0.15) is 5.69 Å². The van der Waals surface area contributed by atoms with Crippen molar-refractivity contribution in [3.63, 3.8) is 0 Å². The molecule has 5 nitrogen and oxygen atoms in total. The largest absolute Gasteiger partial charge is 0.355 e. The molecule has 124 valence electrons. The summed E-state index contributed by atoms with van der Waals surface area (Å²) in [6.07, 6.45) is 0.665. The first kappa shape index (κ1) is 17.1. The number of hydrogen-bond acceptors (Lipinski definition) is 4. The molecule has 7 heteroatoms. The molecule has 0 atom stereocenters. The fourth-order valence-corrected chi connectivity index (χ4v) is 2.14. The van der Waals surface area contributed by atoms with Crippen molar-refractivity contribution in [2.24, 2.45) is 0 Å². The third kappa shape index (κ3) is 4.84. The van der Waals surface area contributed by atoms with E-state index in [4.69, 9.17) is 0 Å². The fourth-order valence-electron chi connectivity index (χ4n) is 2.14. The van der Waals surface area contributed by atoms with E-state index >= 15 is 0 Å². The third-order valence-electron chi connectivity index (χ3n) is 3.40. The standard InChI is InChI=1S/C16H19F2N3O2/c1-16(2,13-10-12(15(17)18)23-21-13)20-14(22)8-5-7-11-6-3-4-9-19-11/h3-4,6,9-10,15H,5,7-8H2,1-2H3,(H,20,22). The normalized spacial score (nSPS) is 11.7. The molecule has 23 heavy (non-hydrogen) atoms. The van der Waals surface area contributed by atoms with Gasteiger partial charge in [-0.1, -0.05) is 11.2 Å². The lowest BCUT2D eigenvalue weighted by molar-refractivity contribution is -0.122. The molecule has 0 bridgehead atoms. The van der Waals surface area contributed by atoms with Crippen LogP contribution in [0.4, 0.5) is 8.78 Å². The summed E-state index contributed by atoms with van der Waals surface area (Å²) in [5.41, 5.74) is 0.321. The lowest BCUT2D eigenvalue weighted by atomic mass is 10.00. The van der Waals surface area contributed by atoms with E-state index < -0.39 is 17.7 Å². The molecule has 0 fully saturated rings. The summed E-state index contributed by atoms with van der Waals surface area (Å²) in [5.74, 6) is -0.676. The SMILES string of the molecule is CC(C)(NC(=O)CCCc1ccccn1)c1cc(C(F)F)on1. The van der Waals surface area contributed by atoms with E-state index in [0.29, 0.717) is 19.3 Å². The van der Waals surface area contributed by atoms with Crippen LogP contribution in [0.3, 0.4) is 0 Å². The molecule has 1 N–H and O–H groups in total. The number of nitrogens with one attached hydrogen (secondary N) is 1. The molecular formula is C16H19F2N3O2. The lowest BCUT2D eigenvalue weighted by Gasteiger charge is -2.23. The Morgan fingerprint density at radius 1 is 1.39 bits per heavy atom. The summed E-state index contributed by atoms with van der Waals surface area (Å²) >= 11 is 0. The Labute approximate surface area is 133 Å². The van der Waals surface area contributed by atoms with Gasteiger partial charge in [0.05, 0.1) is 5.54 Å². The number of pyridine rings is 1. The average molecular weight is 323 g/mol. The molecular weight excluding hydrogens is 304 g/mol. The first-order valence-corrected chi connectivity index (χ1v) is 7.34. The zero-order valence-electron chi connectivity index (χ0n) is 13.1. The van der Waals surface area contributed by atoms with Crippen LogP contribution >= 0.6 is 0 Å². The minimum atomic E-state index is -2.72. The number of rotatable bonds is 7. The summed E-state index contributed by atoms with van der Waals surface area (Å²) in [5, 5.41) is 6.39. The maximum Gasteiger partial charge on any atom is 0.298 e. The first-order chi connectivity index (χ1) is 10.9. The predicted octanol–water partition coefficient (Wildman–Crippen LogP) is 3.38. The number of halogens is 2. The molecule has 2 rings (SSSR count). The maximum atomic E-state index is 12.5. The number of amides is 1. The van der Waals surface area contributed by atoms with Crippen molar-refractivity contribution in [1.82, 2.24) is 15.5 Å². The van der Waals surface area contributed by atoms with E-state index in [1.807, 2.05) is 18.2 Å². The van der Waals surface area contributed by atoms with Gasteiger partial charge in [-0.15, -0.1) is 0 Å². The van der Waals surface area contributed by atoms with Crippen molar-refractivity contribution in [1.29, 1.82) is 0 Å². The van der Waals surface area contributed by atoms with Crippen LogP contribution in [-0.2, 0) is 16.8 Å². The summed E-state index contributed by atoms with van der Waals surface area (Å²) in [4.78, 5) is 16.2. The van der Waals surface area contributed by atoms with Crippen LogP contribution in [0.15, 0.2) is 35.0 Å². The highest BCUT2D eigenvalue weighted by Gasteiger charge is 2.28. The van der Waals surface area contributed by atoms with Crippen molar-refractivity contribution >= 4 is 5.91 Å². The zero-order chi connectivity index (χ0) is 16.9.